The Morgan fingerprint density at radius 1 is 1.50 bits per heavy atom. The first-order chi connectivity index (χ1) is 5.27. The van der Waals surface area contributed by atoms with E-state index in [4.69, 9.17) is 1.37 Å². The molecule has 0 fully saturated rings. The molecule has 0 bridgehead atoms. The van der Waals surface area contributed by atoms with Gasteiger partial charge in [0.05, 0.1) is 12.6 Å². The summed E-state index contributed by atoms with van der Waals surface area (Å²) < 4.78 is 7.06. The quantitative estimate of drug-likeness (QED) is 0.521. The zero-order chi connectivity index (χ0) is 7.84. The van der Waals surface area contributed by atoms with Crippen molar-refractivity contribution in [3.05, 3.63) is 23.0 Å². The summed E-state index contributed by atoms with van der Waals surface area (Å²) in [5, 5.41) is 0. The van der Waals surface area contributed by atoms with Crippen LogP contribution in [0.2, 0.25) is 0 Å². The molecule has 10 heavy (non-hydrogen) atoms. The number of rotatable bonds is 0. The average molecular weight is 137 g/mol. The van der Waals surface area contributed by atoms with Gasteiger partial charge in [-0.1, -0.05) is 0 Å². The van der Waals surface area contributed by atoms with Crippen molar-refractivity contribution in [2.24, 2.45) is 0 Å². The normalized spacial score (nSPS) is 11.8. The molecule has 0 aliphatic heterocycles. The van der Waals surface area contributed by atoms with Crippen molar-refractivity contribution in [3.63, 3.8) is 0 Å². The van der Waals surface area contributed by atoms with Gasteiger partial charge in [0.25, 0.3) is 5.56 Å². The first-order valence-electron chi connectivity index (χ1n) is 3.17. The van der Waals surface area contributed by atoms with Crippen molar-refractivity contribution < 1.29 is 1.37 Å². The summed E-state index contributed by atoms with van der Waals surface area (Å²) >= 11 is 0. The molecule has 2 rings (SSSR count). The Bertz CT molecular complexity index is 445. The van der Waals surface area contributed by atoms with Crippen LogP contribution in [0, 0.1) is 0 Å². The maximum absolute atomic E-state index is 10.9. The number of hydrogen-bond donors (Lipinski definition) is 2. The molecule has 5 heteroatoms. The summed E-state index contributed by atoms with van der Waals surface area (Å²) in [6.07, 6.45) is 1.21. The molecule has 2 aromatic rings. The predicted octanol–water partition coefficient (Wildman–Crippen LogP) is -0.354. The van der Waals surface area contributed by atoms with E-state index in [-0.39, 0.29) is 17.4 Å². The van der Waals surface area contributed by atoms with E-state index in [9.17, 15) is 4.79 Å². The zero-order valence-electron chi connectivity index (χ0n) is 5.88. The monoisotopic (exact) mass is 137 g/mol. The maximum atomic E-state index is 10.9. The second-order valence-electron chi connectivity index (χ2n) is 1.78. The first-order valence-corrected chi connectivity index (χ1v) is 2.67. The van der Waals surface area contributed by atoms with E-state index >= 15 is 0 Å². The van der Waals surface area contributed by atoms with Crippen molar-refractivity contribution in [2.75, 3.05) is 0 Å². The molecule has 0 aliphatic rings. The van der Waals surface area contributed by atoms with E-state index in [1.54, 1.807) is 0 Å². The lowest BCUT2D eigenvalue weighted by molar-refractivity contribution is 1.15. The minimum Gasteiger partial charge on any atom is -0.329 e. The fraction of sp³-hybridized carbons (Fsp3) is 0. The number of aromatic amines is 2. The molecule has 0 saturated heterocycles. The highest BCUT2D eigenvalue weighted by molar-refractivity contribution is 5.67. The van der Waals surface area contributed by atoms with Crippen molar-refractivity contribution in [3.8, 4) is 0 Å². The third-order valence-corrected chi connectivity index (χ3v) is 1.17. The molecule has 0 spiro atoms. The van der Waals surface area contributed by atoms with Gasteiger partial charge in [0, 0.05) is 0 Å². The summed E-state index contributed by atoms with van der Waals surface area (Å²) in [6, 6.07) is 0. The highest BCUT2D eigenvalue weighted by atomic mass is 16.1. The molecule has 0 atom stereocenters. The van der Waals surface area contributed by atoms with Gasteiger partial charge in [-0.2, -0.15) is 0 Å². The van der Waals surface area contributed by atoms with Crippen molar-refractivity contribution in [1.29, 1.82) is 0 Å². The second-order valence-corrected chi connectivity index (χ2v) is 1.78. The highest BCUT2D eigenvalue weighted by Crippen LogP contribution is 1.94. The molecule has 5 nitrogen and oxygen atoms in total. The lowest BCUT2D eigenvalue weighted by Gasteiger charge is -1.81. The summed E-state index contributed by atoms with van der Waals surface area (Å²) in [4.78, 5) is 23.2. The SMILES string of the molecule is [2H]c1nc2c(=O)[nH]cnc2[nH]1. The number of H-pyrrole nitrogens is 2. The molecular weight excluding hydrogens is 132 g/mol. The van der Waals surface area contributed by atoms with Crippen molar-refractivity contribution in [1.82, 2.24) is 19.9 Å². The first kappa shape index (κ1) is 4.21. The molecule has 0 unspecified atom stereocenters. The molecular formula is C5H4N4O. The Labute approximate surface area is 56.5 Å². The van der Waals surface area contributed by atoms with Gasteiger partial charge >= 0.3 is 0 Å². The Hall–Kier alpha value is -1.65. The van der Waals surface area contributed by atoms with Crippen molar-refractivity contribution >= 4 is 11.2 Å². The number of imidazole rings is 1. The van der Waals surface area contributed by atoms with Crippen LogP contribution in [0.5, 0.6) is 0 Å². The highest BCUT2D eigenvalue weighted by Gasteiger charge is 1.97. The topological polar surface area (TPSA) is 74.4 Å². The van der Waals surface area contributed by atoms with Crippen LogP contribution in [0.4, 0.5) is 0 Å². The molecule has 0 aromatic carbocycles. The molecule has 0 amide bonds. The largest absolute Gasteiger partial charge is 0.329 e. The lowest BCUT2D eigenvalue weighted by atomic mass is 10.6. The van der Waals surface area contributed by atoms with E-state index in [0.717, 1.165) is 0 Å². The van der Waals surface area contributed by atoms with Crippen LogP contribution in [-0.4, -0.2) is 19.9 Å². The van der Waals surface area contributed by atoms with Gasteiger partial charge in [0.15, 0.2) is 11.2 Å². The van der Waals surface area contributed by atoms with E-state index in [2.05, 4.69) is 19.9 Å². The van der Waals surface area contributed by atoms with Gasteiger partial charge in [-0.25, -0.2) is 9.97 Å². The zero-order valence-corrected chi connectivity index (χ0v) is 4.88. The number of nitrogens with zero attached hydrogens (tertiary/aromatic N) is 2. The number of fused-ring (bicyclic) bond motifs is 1. The number of hydrogen-bond acceptors (Lipinski definition) is 3. The van der Waals surface area contributed by atoms with Gasteiger partial charge < -0.3 is 9.97 Å². The second kappa shape index (κ2) is 1.66. The Kier molecular flexibility index (Phi) is 0.700. The molecule has 2 N–H and O–H groups in total. The van der Waals surface area contributed by atoms with Crippen molar-refractivity contribution in [2.45, 2.75) is 0 Å². The predicted molar refractivity (Wildman–Crippen MR) is 34.5 cm³/mol. The smallest absolute Gasteiger partial charge is 0.278 e. The van der Waals surface area contributed by atoms with Crippen LogP contribution < -0.4 is 5.56 Å². The molecule has 0 radical (unpaired) electrons. The third kappa shape index (κ3) is 0.540. The lowest BCUT2D eigenvalue weighted by Crippen LogP contribution is -2.05. The molecule has 0 aliphatic carbocycles. The van der Waals surface area contributed by atoms with Crippen LogP contribution in [0.3, 0.4) is 0 Å². The number of aromatic nitrogens is 4. The summed E-state index contributed by atoms with van der Waals surface area (Å²) in [7, 11) is 0. The minimum absolute atomic E-state index is 0.0517. The number of nitrogens with one attached hydrogen (secondary N) is 2. The fourth-order valence-corrected chi connectivity index (χ4v) is 0.724. The van der Waals surface area contributed by atoms with Gasteiger partial charge in [-0.15, -0.1) is 0 Å². The van der Waals surface area contributed by atoms with Crippen LogP contribution in [-0.2, 0) is 0 Å². The van der Waals surface area contributed by atoms with Crippen LogP contribution in [0.15, 0.2) is 17.4 Å². The van der Waals surface area contributed by atoms with Crippen LogP contribution in [0.1, 0.15) is 1.37 Å². The molecule has 2 heterocycles. The van der Waals surface area contributed by atoms with Crippen LogP contribution in [0.25, 0.3) is 11.2 Å². The summed E-state index contributed by atoms with van der Waals surface area (Å²) in [6.45, 7) is 0. The third-order valence-electron chi connectivity index (χ3n) is 1.17. The standard InChI is InChI=1S/C5H4N4O/c10-5-3-4(7-1-6-3)8-2-9-5/h1-2H,(H2,6,7,8,9,10)/i1D. The van der Waals surface area contributed by atoms with Crippen LogP contribution >= 0.6 is 0 Å². The van der Waals surface area contributed by atoms with Gasteiger partial charge in [-0.3, -0.25) is 4.79 Å². The average Bonchev–Trinajstić information content (AvgIpc) is 2.31. The van der Waals surface area contributed by atoms with Gasteiger partial charge in [0.1, 0.15) is 1.37 Å². The van der Waals surface area contributed by atoms with Gasteiger partial charge in [-0.05, 0) is 0 Å². The fourth-order valence-electron chi connectivity index (χ4n) is 0.724. The van der Waals surface area contributed by atoms with E-state index in [0.29, 0.717) is 5.65 Å². The maximum Gasteiger partial charge on any atom is 0.278 e. The van der Waals surface area contributed by atoms with E-state index in [1.807, 2.05) is 0 Å². The molecule has 50 valence electrons. The minimum atomic E-state index is -0.329. The molecule has 2 aromatic heterocycles. The summed E-state index contributed by atoms with van der Waals surface area (Å²) in [5.41, 5.74) is 0.195. The van der Waals surface area contributed by atoms with Gasteiger partial charge in [0.2, 0.25) is 0 Å². The Morgan fingerprint density at radius 3 is 3.20 bits per heavy atom. The Balaban J connectivity index is 3.02. The van der Waals surface area contributed by atoms with E-state index in [1.165, 1.54) is 6.33 Å². The Morgan fingerprint density at radius 2 is 2.40 bits per heavy atom. The van der Waals surface area contributed by atoms with E-state index < -0.39 is 0 Å². The molecule has 0 saturated carbocycles. The summed E-state index contributed by atoms with van der Waals surface area (Å²) in [5.74, 6) is 0.